The van der Waals surface area contributed by atoms with Crippen LogP contribution in [0.5, 0.6) is 6.01 Å². The fourth-order valence-corrected chi connectivity index (χ4v) is 3.59. The van der Waals surface area contributed by atoms with Crippen molar-refractivity contribution in [3.05, 3.63) is 36.7 Å². The molecule has 4 atom stereocenters. The zero-order valence-corrected chi connectivity index (χ0v) is 15.3. The van der Waals surface area contributed by atoms with E-state index in [9.17, 15) is 15.3 Å². The second kappa shape index (κ2) is 6.74. The number of imidazole rings is 1. The molecule has 29 heavy (non-hydrogen) atoms. The Morgan fingerprint density at radius 1 is 1.10 bits per heavy atom. The Morgan fingerprint density at radius 2 is 1.90 bits per heavy atom. The highest BCUT2D eigenvalue weighted by Gasteiger charge is 2.44. The van der Waals surface area contributed by atoms with Gasteiger partial charge in [0.25, 0.3) is 0 Å². The van der Waals surface area contributed by atoms with Crippen LogP contribution in [0.1, 0.15) is 6.23 Å². The molecule has 0 radical (unpaired) electrons. The highest BCUT2D eigenvalue weighted by Crippen LogP contribution is 2.33. The van der Waals surface area contributed by atoms with Gasteiger partial charge in [0.05, 0.1) is 20.0 Å². The molecule has 0 saturated carbocycles. The van der Waals surface area contributed by atoms with Crippen molar-refractivity contribution in [3.63, 3.8) is 0 Å². The van der Waals surface area contributed by atoms with E-state index in [1.54, 1.807) is 4.40 Å². The lowest BCUT2D eigenvalue weighted by Gasteiger charge is -2.16. The van der Waals surface area contributed by atoms with E-state index in [0.29, 0.717) is 22.6 Å². The molecule has 4 heterocycles. The molecule has 3 N–H and O–H groups in total. The summed E-state index contributed by atoms with van der Waals surface area (Å²) in [4.78, 5) is 8.89. The first-order chi connectivity index (χ1) is 14.1. The number of aliphatic hydroxyl groups excluding tert-OH is 3. The number of ether oxygens (including phenoxy) is 2. The van der Waals surface area contributed by atoms with Gasteiger partial charge >= 0.3 is 6.01 Å². The van der Waals surface area contributed by atoms with Crippen molar-refractivity contribution in [2.75, 3.05) is 13.7 Å². The van der Waals surface area contributed by atoms with Gasteiger partial charge in [-0.25, -0.2) is 9.38 Å². The van der Waals surface area contributed by atoms with E-state index in [1.165, 1.54) is 18.0 Å². The number of nitrogens with zero attached hydrogens (tertiary/aromatic N) is 6. The molecule has 1 aliphatic heterocycles. The minimum Gasteiger partial charge on any atom is -0.468 e. The maximum atomic E-state index is 10.4. The summed E-state index contributed by atoms with van der Waals surface area (Å²) >= 11 is 0. The Hall–Kier alpha value is -3.12. The Labute approximate surface area is 163 Å². The number of hydrogen-bond acceptors (Lipinski definition) is 9. The fraction of sp³-hybridized carbons (Fsp3) is 0.333. The van der Waals surface area contributed by atoms with E-state index in [0.717, 1.165) is 5.56 Å². The fourth-order valence-electron chi connectivity index (χ4n) is 3.59. The molecule has 3 aromatic heterocycles. The van der Waals surface area contributed by atoms with Crippen molar-refractivity contribution in [3.8, 4) is 17.4 Å². The summed E-state index contributed by atoms with van der Waals surface area (Å²) < 4.78 is 14.2. The van der Waals surface area contributed by atoms with Crippen LogP contribution in [0, 0.1) is 0 Å². The maximum absolute atomic E-state index is 10.4. The minimum absolute atomic E-state index is 0.227. The van der Waals surface area contributed by atoms with Gasteiger partial charge in [0.15, 0.2) is 28.9 Å². The number of aliphatic hydroxyl groups is 3. The van der Waals surface area contributed by atoms with Gasteiger partial charge in [0.2, 0.25) is 0 Å². The number of rotatable bonds is 4. The molecule has 1 aromatic carbocycles. The zero-order valence-electron chi connectivity index (χ0n) is 15.3. The molecule has 5 rings (SSSR count). The highest BCUT2D eigenvalue weighted by molar-refractivity contribution is 5.87. The van der Waals surface area contributed by atoms with Crippen LogP contribution >= 0.6 is 0 Å². The molecule has 11 nitrogen and oxygen atoms in total. The van der Waals surface area contributed by atoms with Gasteiger partial charge < -0.3 is 24.8 Å². The summed E-state index contributed by atoms with van der Waals surface area (Å²) in [5.74, 6) is 0.550. The standard InChI is InChI=1S/C18H18N6O5/c1-28-18-20-15-11(16-22-21-14(24(16)18)9-5-3-2-4-6-9)19-8-23(15)17-13(27)12(26)10(7-25)29-17/h2-6,8,10,12-13,17,25-27H,7H2,1H3/t10-,12-,13-,17-/m1/s1. The van der Waals surface area contributed by atoms with Crippen molar-refractivity contribution in [2.45, 2.75) is 24.5 Å². The Kier molecular flexibility index (Phi) is 4.17. The zero-order chi connectivity index (χ0) is 20.1. The van der Waals surface area contributed by atoms with Crippen LogP contribution in [0.3, 0.4) is 0 Å². The first-order valence-corrected chi connectivity index (χ1v) is 8.97. The summed E-state index contributed by atoms with van der Waals surface area (Å²) in [5, 5.41) is 38.3. The number of hydrogen-bond donors (Lipinski definition) is 3. The Balaban J connectivity index is 1.70. The third kappa shape index (κ3) is 2.59. The normalized spacial score (nSPS) is 24.6. The van der Waals surface area contributed by atoms with Crippen molar-refractivity contribution in [1.29, 1.82) is 0 Å². The molecule has 1 fully saturated rings. The second-order valence-electron chi connectivity index (χ2n) is 6.70. The molecular formula is C18H18N6O5. The molecule has 11 heteroatoms. The van der Waals surface area contributed by atoms with E-state index < -0.39 is 31.1 Å². The summed E-state index contributed by atoms with van der Waals surface area (Å²) in [6.07, 6.45) is -2.93. The van der Waals surface area contributed by atoms with E-state index in [4.69, 9.17) is 9.47 Å². The summed E-state index contributed by atoms with van der Waals surface area (Å²) in [6.45, 7) is -0.424. The lowest BCUT2D eigenvalue weighted by molar-refractivity contribution is -0.0511. The van der Waals surface area contributed by atoms with E-state index in [1.807, 2.05) is 30.3 Å². The van der Waals surface area contributed by atoms with Crippen LogP contribution < -0.4 is 4.74 Å². The van der Waals surface area contributed by atoms with Gasteiger partial charge in [-0.1, -0.05) is 30.3 Å². The van der Waals surface area contributed by atoms with Crippen LogP contribution in [-0.2, 0) is 4.74 Å². The number of methoxy groups -OCH3 is 1. The monoisotopic (exact) mass is 398 g/mol. The molecule has 1 aliphatic rings. The van der Waals surface area contributed by atoms with Crippen molar-refractivity contribution < 1.29 is 24.8 Å². The third-order valence-electron chi connectivity index (χ3n) is 5.04. The van der Waals surface area contributed by atoms with E-state index in [2.05, 4.69) is 20.2 Å². The lowest BCUT2D eigenvalue weighted by Crippen LogP contribution is -2.33. The summed E-state index contributed by atoms with van der Waals surface area (Å²) in [7, 11) is 1.48. The van der Waals surface area contributed by atoms with Gasteiger partial charge in [-0.05, 0) is 0 Å². The number of benzene rings is 1. The SMILES string of the molecule is COc1nc2c(ncn2[C@@H]2O[C@H](CO)[C@@H](O)[C@H]2O)c2nnc(-c3ccccc3)n12. The topological polar surface area (TPSA) is 140 Å². The summed E-state index contributed by atoms with van der Waals surface area (Å²) in [5.41, 5.74) is 2.04. The van der Waals surface area contributed by atoms with Crippen molar-refractivity contribution in [2.24, 2.45) is 0 Å². The van der Waals surface area contributed by atoms with Gasteiger partial charge in [-0.15, -0.1) is 10.2 Å². The van der Waals surface area contributed by atoms with E-state index >= 15 is 0 Å². The third-order valence-corrected chi connectivity index (χ3v) is 5.04. The highest BCUT2D eigenvalue weighted by atomic mass is 16.6. The van der Waals surface area contributed by atoms with Crippen LogP contribution in [-0.4, -0.2) is 76.5 Å². The minimum atomic E-state index is -1.26. The molecule has 0 amide bonds. The first kappa shape index (κ1) is 17.9. The Morgan fingerprint density at radius 3 is 2.59 bits per heavy atom. The smallest absolute Gasteiger partial charge is 0.305 e. The lowest BCUT2D eigenvalue weighted by atomic mass is 10.1. The summed E-state index contributed by atoms with van der Waals surface area (Å²) in [6, 6.07) is 9.72. The van der Waals surface area contributed by atoms with Gasteiger partial charge in [-0.3, -0.25) is 4.57 Å². The molecule has 0 unspecified atom stereocenters. The predicted molar refractivity (Wildman–Crippen MR) is 99.1 cm³/mol. The average molecular weight is 398 g/mol. The van der Waals surface area contributed by atoms with Crippen LogP contribution in [0.2, 0.25) is 0 Å². The number of aromatic nitrogens is 6. The quantitative estimate of drug-likeness (QED) is 0.425. The number of fused-ring (bicyclic) bond motifs is 3. The largest absolute Gasteiger partial charge is 0.468 e. The first-order valence-electron chi connectivity index (χ1n) is 8.97. The molecular weight excluding hydrogens is 380 g/mol. The Bertz CT molecular complexity index is 1180. The molecule has 0 spiro atoms. The van der Waals surface area contributed by atoms with Crippen LogP contribution in [0.4, 0.5) is 0 Å². The molecule has 1 saturated heterocycles. The molecule has 4 aromatic rings. The van der Waals surface area contributed by atoms with Gasteiger partial charge in [0, 0.05) is 5.56 Å². The van der Waals surface area contributed by atoms with Crippen LogP contribution in [0.25, 0.3) is 28.2 Å². The average Bonchev–Trinajstić information content (AvgIpc) is 3.44. The maximum Gasteiger partial charge on any atom is 0.305 e. The predicted octanol–water partition coefficient (Wildman–Crippen LogP) is -0.239. The van der Waals surface area contributed by atoms with Gasteiger partial charge in [-0.2, -0.15) is 4.98 Å². The van der Waals surface area contributed by atoms with Crippen LogP contribution in [0.15, 0.2) is 36.7 Å². The molecule has 0 aliphatic carbocycles. The molecule has 0 bridgehead atoms. The van der Waals surface area contributed by atoms with Gasteiger partial charge in [0.1, 0.15) is 18.3 Å². The molecule has 150 valence electrons. The van der Waals surface area contributed by atoms with Crippen molar-refractivity contribution >= 4 is 16.8 Å². The van der Waals surface area contributed by atoms with E-state index in [-0.39, 0.29) is 6.01 Å². The second-order valence-corrected chi connectivity index (χ2v) is 6.70. The van der Waals surface area contributed by atoms with Crippen molar-refractivity contribution in [1.82, 2.24) is 29.1 Å².